The molecule has 2 heterocycles. The van der Waals surface area contributed by atoms with Gasteiger partial charge in [0.1, 0.15) is 11.6 Å². The number of benzene rings is 2. The van der Waals surface area contributed by atoms with E-state index in [1.165, 1.54) is 23.5 Å². The van der Waals surface area contributed by atoms with Crippen LogP contribution in [0.4, 0.5) is 4.39 Å². The monoisotopic (exact) mass is 396 g/mol. The first kappa shape index (κ1) is 18.2. The van der Waals surface area contributed by atoms with E-state index in [1.807, 2.05) is 35.6 Å². The predicted molar refractivity (Wildman–Crippen MR) is 107 cm³/mol. The number of imidazole rings is 1. The first-order chi connectivity index (χ1) is 13.5. The van der Waals surface area contributed by atoms with Crippen molar-refractivity contribution in [3.63, 3.8) is 0 Å². The maximum absolute atomic E-state index is 13.4. The summed E-state index contributed by atoms with van der Waals surface area (Å²) < 4.78 is 20.7. The van der Waals surface area contributed by atoms with Crippen molar-refractivity contribution in [1.82, 2.24) is 9.38 Å². The van der Waals surface area contributed by atoms with Crippen molar-refractivity contribution < 1.29 is 19.0 Å². The van der Waals surface area contributed by atoms with Gasteiger partial charge in [0.15, 0.2) is 4.96 Å². The number of carbonyl (C=O) groups is 1. The van der Waals surface area contributed by atoms with Crippen LogP contribution in [0.3, 0.4) is 0 Å². The Bertz CT molecular complexity index is 1180. The van der Waals surface area contributed by atoms with Crippen molar-refractivity contribution in [3.8, 4) is 28.3 Å². The van der Waals surface area contributed by atoms with E-state index in [4.69, 9.17) is 9.72 Å². The lowest BCUT2D eigenvalue weighted by Gasteiger charge is -2.10. The summed E-state index contributed by atoms with van der Waals surface area (Å²) in [7, 11) is 1.57. The van der Waals surface area contributed by atoms with Crippen LogP contribution >= 0.6 is 11.3 Å². The third kappa shape index (κ3) is 3.03. The molecule has 2 aromatic carbocycles. The minimum atomic E-state index is -0.952. The zero-order valence-electron chi connectivity index (χ0n) is 15.3. The van der Waals surface area contributed by atoms with E-state index in [1.54, 1.807) is 19.2 Å². The summed E-state index contributed by atoms with van der Waals surface area (Å²) in [4.78, 5) is 18.0. The number of aryl methyl sites for hydroxylation is 1. The Morgan fingerprint density at radius 1 is 1.21 bits per heavy atom. The first-order valence-corrected chi connectivity index (χ1v) is 9.43. The van der Waals surface area contributed by atoms with E-state index >= 15 is 0 Å². The molecule has 0 amide bonds. The van der Waals surface area contributed by atoms with Gasteiger partial charge < -0.3 is 9.84 Å². The van der Waals surface area contributed by atoms with E-state index in [2.05, 4.69) is 0 Å². The number of rotatable bonds is 5. The Morgan fingerprint density at radius 2 is 1.93 bits per heavy atom. The molecule has 0 bridgehead atoms. The maximum atomic E-state index is 13.4. The van der Waals surface area contributed by atoms with Crippen LogP contribution in [0.25, 0.3) is 27.5 Å². The molecular weight excluding hydrogens is 379 g/mol. The number of nitrogens with zero attached hydrogens (tertiary/aromatic N) is 2. The summed E-state index contributed by atoms with van der Waals surface area (Å²) in [6.07, 6.45) is -0.196. The third-order valence-electron chi connectivity index (χ3n) is 4.54. The molecule has 0 aliphatic heterocycles. The van der Waals surface area contributed by atoms with E-state index in [-0.39, 0.29) is 12.2 Å². The maximum Gasteiger partial charge on any atom is 0.309 e. The van der Waals surface area contributed by atoms with E-state index in [0.29, 0.717) is 22.1 Å². The zero-order chi connectivity index (χ0) is 19.8. The number of aromatic nitrogens is 2. The summed E-state index contributed by atoms with van der Waals surface area (Å²) in [6.45, 7) is 1.95. The largest absolute Gasteiger partial charge is 0.496 e. The summed E-state index contributed by atoms with van der Waals surface area (Å²) in [5.74, 6) is -0.647. The van der Waals surface area contributed by atoms with Crippen molar-refractivity contribution in [2.45, 2.75) is 13.3 Å². The Kier molecular flexibility index (Phi) is 4.60. The molecule has 0 spiro atoms. The highest BCUT2D eigenvalue weighted by Crippen LogP contribution is 2.38. The van der Waals surface area contributed by atoms with Crippen LogP contribution in [0.5, 0.6) is 5.75 Å². The SMILES string of the molecule is COc1ccccc1-c1nc2sc(C)c(-c3ccc(F)cc3)n2c1CC(=O)O. The zero-order valence-corrected chi connectivity index (χ0v) is 16.1. The smallest absolute Gasteiger partial charge is 0.309 e. The van der Waals surface area contributed by atoms with Crippen LogP contribution < -0.4 is 4.74 Å². The molecule has 4 aromatic rings. The molecule has 7 heteroatoms. The number of carboxylic acid groups (broad SMARTS) is 1. The van der Waals surface area contributed by atoms with Crippen LogP contribution in [-0.4, -0.2) is 27.6 Å². The number of halogens is 1. The number of methoxy groups -OCH3 is 1. The third-order valence-corrected chi connectivity index (χ3v) is 5.50. The van der Waals surface area contributed by atoms with Crippen LogP contribution in [0.15, 0.2) is 48.5 Å². The predicted octanol–water partition coefficient (Wildman–Crippen LogP) is 4.81. The van der Waals surface area contributed by atoms with Gasteiger partial charge in [0.2, 0.25) is 0 Å². The summed E-state index contributed by atoms with van der Waals surface area (Å²) in [5.41, 5.74) is 3.51. The highest BCUT2D eigenvalue weighted by molar-refractivity contribution is 7.17. The minimum absolute atomic E-state index is 0.196. The average molecular weight is 396 g/mol. The molecule has 0 atom stereocenters. The number of thiazole rings is 1. The van der Waals surface area contributed by atoms with Gasteiger partial charge >= 0.3 is 5.97 Å². The highest BCUT2D eigenvalue weighted by Gasteiger charge is 2.24. The standard InChI is InChI=1S/C21H17FN2O3S/c1-12-20(13-7-9-14(22)10-8-13)24-16(11-18(25)26)19(23-21(24)28-12)15-5-3-4-6-17(15)27-2/h3-10H,11H2,1-2H3,(H,25,26). The van der Waals surface area contributed by atoms with Gasteiger partial charge in [-0.1, -0.05) is 12.1 Å². The van der Waals surface area contributed by atoms with Gasteiger partial charge in [-0.25, -0.2) is 9.37 Å². The van der Waals surface area contributed by atoms with Gasteiger partial charge in [0.05, 0.1) is 30.6 Å². The molecular formula is C21H17FN2O3S. The van der Waals surface area contributed by atoms with Crippen LogP contribution in [0, 0.1) is 12.7 Å². The lowest BCUT2D eigenvalue weighted by molar-refractivity contribution is -0.136. The highest BCUT2D eigenvalue weighted by atomic mass is 32.1. The molecule has 0 aliphatic carbocycles. The summed E-state index contributed by atoms with van der Waals surface area (Å²) >= 11 is 1.47. The quantitative estimate of drug-likeness (QED) is 0.526. The van der Waals surface area contributed by atoms with Gasteiger partial charge in [0.25, 0.3) is 0 Å². The summed E-state index contributed by atoms with van der Waals surface area (Å²) in [6, 6.07) is 13.6. The number of fused-ring (bicyclic) bond motifs is 1. The van der Waals surface area contributed by atoms with E-state index < -0.39 is 5.97 Å². The normalized spacial score (nSPS) is 11.1. The minimum Gasteiger partial charge on any atom is -0.496 e. The number of hydrogen-bond acceptors (Lipinski definition) is 4. The molecule has 142 valence electrons. The van der Waals surface area contributed by atoms with Crippen molar-refractivity contribution in [3.05, 3.63) is 64.9 Å². The molecule has 0 fully saturated rings. The molecule has 0 radical (unpaired) electrons. The molecule has 1 N–H and O–H groups in total. The number of para-hydroxylation sites is 1. The fraction of sp³-hybridized carbons (Fsp3) is 0.143. The molecule has 0 unspecified atom stereocenters. The fourth-order valence-electron chi connectivity index (χ4n) is 3.38. The number of carboxylic acids is 1. The fourth-order valence-corrected chi connectivity index (χ4v) is 4.38. The van der Waals surface area contributed by atoms with Crippen LogP contribution in [0.1, 0.15) is 10.6 Å². The van der Waals surface area contributed by atoms with Gasteiger partial charge in [-0.2, -0.15) is 0 Å². The molecule has 5 nitrogen and oxygen atoms in total. The Balaban J connectivity index is 2.03. The number of ether oxygens (including phenoxy) is 1. The Hall–Kier alpha value is -3.19. The van der Waals surface area contributed by atoms with Crippen molar-refractivity contribution in [2.24, 2.45) is 0 Å². The lowest BCUT2D eigenvalue weighted by Crippen LogP contribution is -2.06. The van der Waals surface area contributed by atoms with Gasteiger partial charge in [-0.15, -0.1) is 11.3 Å². The average Bonchev–Trinajstić information content (AvgIpc) is 3.17. The second kappa shape index (κ2) is 7.09. The number of aliphatic carboxylic acids is 1. The molecule has 0 saturated heterocycles. The van der Waals surface area contributed by atoms with Gasteiger partial charge in [-0.05, 0) is 48.9 Å². The van der Waals surface area contributed by atoms with Gasteiger partial charge in [0, 0.05) is 10.4 Å². The molecule has 0 aliphatic rings. The second-order valence-electron chi connectivity index (χ2n) is 6.31. The van der Waals surface area contributed by atoms with Crippen molar-refractivity contribution in [2.75, 3.05) is 7.11 Å². The first-order valence-electron chi connectivity index (χ1n) is 8.61. The Labute approximate surface area is 164 Å². The Morgan fingerprint density at radius 3 is 2.61 bits per heavy atom. The van der Waals surface area contributed by atoms with Crippen molar-refractivity contribution in [1.29, 1.82) is 0 Å². The second-order valence-corrected chi connectivity index (χ2v) is 7.49. The lowest BCUT2D eigenvalue weighted by atomic mass is 10.1. The molecule has 4 rings (SSSR count). The van der Waals surface area contributed by atoms with Crippen LogP contribution in [0.2, 0.25) is 0 Å². The van der Waals surface area contributed by atoms with E-state index in [9.17, 15) is 14.3 Å². The van der Waals surface area contributed by atoms with Crippen LogP contribution in [-0.2, 0) is 11.2 Å². The summed E-state index contributed by atoms with van der Waals surface area (Å²) in [5, 5.41) is 9.53. The molecule has 2 aromatic heterocycles. The van der Waals surface area contributed by atoms with E-state index in [0.717, 1.165) is 21.7 Å². The topological polar surface area (TPSA) is 63.8 Å². The molecule has 0 saturated carbocycles. The van der Waals surface area contributed by atoms with Gasteiger partial charge in [-0.3, -0.25) is 9.20 Å². The van der Waals surface area contributed by atoms with Crippen molar-refractivity contribution >= 4 is 22.3 Å². The number of hydrogen-bond donors (Lipinski definition) is 1. The molecule has 28 heavy (non-hydrogen) atoms.